The number of nitrogens with zero attached hydrogens (tertiary/aromatic N) is 3. The summed E-state index contributed by atoms with van der Waals surface area (Å²) < 4.78 is 42.0. The van der Waals surface area contributed by atoms with Crippen LogP contribution in [0.5, 0.6) is 5.75 Å². The second kappa shape index (κ2) is 11.1. The minimum atomic E-state index is -4.77. The molecule has 1 aromatic rings. The van der Waals surface area contributed by atoms with Crippen molar-refractivity contribution < 1.29 is 22.7 Å². The molecule has 1 atom stereocenters. The van der Waals surface area contributed by atoms with Crippen LogP contribution in [0.2, 0.25) is 0 Å². The SMILES string of the molecule is CCN1CCCC1CNC(=NCc1ccccc1OC(F)(F)F)NCC(=O)N(C)C. The molecule has 1 unspecified atom stereocenters. The number of ether oxygens (including phenoxy) is 1. The van der Waals surface area contributed by atoms with Gasteiger partial charge >= 0.3 is 6.36 Å². The van der Waals surface area contributed by atoms with Crippen molar-refractivity contribution in [2.75, 3.05) is 40.3 Å². The lowest BCUT2D eigenvalue weighted by molar-refractivity contribution is -0.274. The van der Waals surface area contributed by atoms with Gasteiger partial charge in [0, 0.05) is 32.2 Å². The molecule has 1 aliphatic heterocycles. The number of para-hydroxylation sites is 1. The van der Waals surface area contributed by atoms with Crippen LogP contribution in [0.15, 0.2) is 29.3 Å². The zero-order chi connectivity index (χ0) is 22.1. The minimum Gasteiger partial charge on any atom is -0.405 e. The summed E-state index contributed by atoms with van der Waals surface area (Å²) in [6.45, 7) is 4.74. The number of rotatable bonds is 8. The Morgan fingerprint density at radius 3 is 2.70 bits per heavy atom. The summed E-state index contributed by atoms with van der Waals surface area (Å²) in [5.74, 6) is -0.0539. The van der Waals surface area contributed by atoms with Gasteiger partial charge in [0.05, 0.1) is 13.1 Å². The lowest BCUT2D eigenvalue weighted by Gasteiger charge is -2.24. The fourth-order valence-corrected chi connectivity index (χ4v) is 3.27. The summed E-state index contributed by atoms with van der Waals surface area (Å²) in [7, 11) is 3.30. The van der Waals surface area contributed by atoms with Crippen molar-refractivity contribution in [1.29, 1.82) is 0 Å². The number of likely N-dealkylation sites (N-methyl/N-ethyl adjacent to an activating group) is 2. The van der Waals surface area contributed by atoms with E-state index in [1.54, 1.807) is 20.2 Å². The Balaban J connectivity index is 2.09. The predicted octanol–water partition coefficient (Wildman–Crippen LogP) is 2.19. The van der Waals surface area contributed by atoms with Crippen molar-refractivity contribution in [3.63, 3.8) is 0 Å². The summed E-state index contributed by atoms with van der Waals surface area (Å²) >= 11 is 0. The van der Waals surface area contributed by atoms with E-state index >= 15 is 0 Å². The van der Waals surface area contributed by atoms with Gasteiger partial charge in [0.15, 0.2) is 5.96 Å². The number of alkyl halides is 3. The first-order valence-electron chi connectivity index (χ1n) is 9.99. The van der Waals surface area contributed by atoms with Gasteiger partial charge in [-0.1, -0.05) is 25.1 Å². The predicted molar refractivity (Wildman–Crippen MR) is 109 cm³/mol. The molecule has 1 aromatic carbocycles. The van der Waals surface area contributed by atoms with Crippen molar-refractivity contribution in [3.8, 4) is 5.75 Å². The van der Waals surface area contributed by atoms with E-state index in [9.17, 15) is 18.0 Å². The largest absolute Gasteiger partial charge is 0.573 e. The zero-order valence-electron chi connectivity index (χ0n) is 17.6. The number of aliphatic imine (C=N–C) groups is 1. The average molecular weight is 429 g/mol. The van der Waals surface area contributed by atoms with Gasteiger partial charge < -0.3 is 20.3 Å². The van der Waals surface area contributed by atoms with Gasteiger partial charge in [-0.2, -0.15) is 0 Å². The number of halogens is 3. The van der Waals surface area contributed by atoms with Crippen LogP contribution < -0.4 is 15.4 Å². The molecular formula is C20H30F3N5O2. The highest BCUT2D eigenvalue weighted by molar-refractivity contribution is 5.86. The van der Waals surface area contributed by atoms with Crippen molar-refractivity contribution in [3.05, 3.63) is 29.8 Å². The fourth-order valence-electron chi connectivity index (χ4n) is 3.27. The Hall–Kier alpha value is -2.49. The van der Waals surface area contributed by atoms with Gasteiger partial charge in [0.2, 0.25) is 5.91 Å². The summed E-state index contributed by atoms with van der Waals surface area (Å²) in [6, 6.07) is 6.24. The summed E-state index contributed by atoms with van der Waals surface area (Å²) in [5, 5.41) is 6.18. The van der Waals surface area contributed by atoms with Gasteiger partial charge in [0.1, 0.15) is 5.75 Å². The maximum atomic E-state index is 12.6. The van der Waals surface area contributed by atoms with Crippen LogP contribution >= 0.6 is 0 Å². The fraction of sp³-hybridized carbons (Fsp3) is 0.600. The van der Waals surface area contributed by atoms with Crippen molar-refractivity contribution in [2.45, 2.75) is 38.7 Å². The number of guanidine groups is 1. The molecule has 168 valence electrons. The molecule has 0 aromatic heterocycles. The first-order valence-corrected chi connectivity index (χ1v) is 9.99. The summed E-state index contributed by atoms with van der Waals surface area (Å²) in [4.78, 5) is 20.1. The second-order valence-electron chi connectivity index (χ2n) is 7.27. The molecule has 30 heavy (non-hydrogen) atoms. The van der Waals surface area contributed by atoms with Crippen LogP contribution in [0, 0.1) is 0 Å². The number of hydrogen-bond donors (Lipinski definition) is 2. The van der Waals surface area contributed by atoms with Crippen LogP contribution in [0.1, 0.15) is 25.3 Å². The first kappa shape index (κ1) is 23.8. The zero-order valence-corrected chi connectivity index (χ0v) is 17.6. The Kier molecular flexibility index (Phi) is 8.76. The molecule has 1 amide bonds. The van der Waals surface area contributed by atoms with Crippen molar-refractivity contribution in [1.82, 2.24) is 20.4 Å². The number of hydrogen-bond acceptors (Lipinski definition) is 4. The molecule has 7 nitrogen and oxygen atoms in total. The van der Waals surface area contributed by atoms with E-state index in [0.29, 0.717) is 24.1 Å². The van der Waals surface area contributed by atoms with Crippen molar-refractivity contribution in [2.24, 2.45) is 4.99 Å². The molecule has 0 radical (unpaired) electrons. The third kappa shape index (κ3) is 7.74. The molecule has 1 fully saturated rings. The molecule has 2 rings (SSSR count). The van der Waals surface area contributed by atoms with Gasteiger partial charge in [-0.3, -0.25) is 9.69 Å². The molecule has 0 aliphatic carbocycles. The molecular weight excluding hydrogens is 399 g/mol. The average Bonchev–Trinajstić information content (AvgIpc) is 3.14. The highest BCUT2D eigenvalue weighted by atomic mass is 19.4. The number of likely N-dealkylation sites (tertiary alicyclic amines) is 1. The molecule has 1 saturated heterocycles. The van der Waals surface area contributed by atoms with E-state index < -0.39 is 6.36 Å². The van der Waals surface area contributed by atoms with E-state index in [0.717, 1.165) is 25.9 Å². The third-order valence-corrected chi connectivity index (χ3v) is 4.92. The number of benzene rings is 1. The first-order chi connectivity index (χ1) is 14.2. The van der Waals surface area contributed by atoms with Crippen LogP contribution in [0.4, 0.5) is 13.2 Å². The highest BCUT2D eigenvalue weighted by Crippen LogP contribution is 2.26. The Morgan fingerprint density at radius 1 is 1.30 bits per heavy atom. The molecule has 10 heteroatoms. The van der Waals surface area contributed by atoms with E-state index in [4.69, 9.17) is 0 Å². The molecule has 0 bridgehead atoms. The maximum absolute atomic E-state index is 12.6. The van der Waals surface area contributed by atoms with Crippen LogP contribution in [-0.4, -0.2) is 74.3 Å². The van der Waals surface area contributed by atoms with Crippen molar-refractivity contribution >= 4 is 11.9 Å². The number of carbonyl (C=O) groups excluding carboxylic acids is 1. The Labute approximate surface area is 175 Å². The molecule has 0 spiro atoms. The van der Waals surface area contributed by atoms with Crippen LogP contribution in [-0.2, 0) is 11.3 Å². The van der Waals surface area contributed by atoms with E-state index in [2.05, 4.69) is 32.2 Å². The normalized spacial score (nSPS) is 17.7. The van der Waals surface area contributed by atoms with E-state index in [-0.39, 0.29) is 24.7 Å². The number of carbonyl (C=O) groups is 1. The standard InChI is InChI=1S/C20H30F3N5O2/c1-4-28-11-7-9-16(28)13-25-19(26-14-18(29)27(2)3)24-12-15-8-5-6-10-17(15)30-20(21,22)23/h5-6,8,10,16H,4,7,9,11-14H2,1-3H3,(H2,24,25,26). The minimum absolute atomic E-state index is 0.0279. The van der Waals surface area contributed by atoms with Gasteiger partial charge in [-0.05, 0) is 32.0 Å². The van der Waals surface area contributed by atoms with Gasteiger partial charge in [0.25, 0.3) is 0 Å². The molecule has 1 heterocycles. The second-order valence-corrected chi connectivity index (χ2v) is 7.27. The monoisotopic (exact) mass is 429 g/mol. The topological polar surface area (TPSA) is 69.2 Å². The quantitative estimate of drug-likeness (QED) is 0.490. The maximum Gasteiger partial charge on any atom is 0.573 e. The number of amides is 1. The Bertz CT molecular complexity index is 725. The van der Waals surface area contributed by atoms with E-state index in [1.807, 2.05) is 0 Å². The van der Waals surface area contributed by atoms with Gasteiger partial charge in [-0.25, -0.2) is 4.99 Å². The number of nitrogens with one attached hydrogen (secondary N) is 2. The lowest BCUT2D eigenvalue weighted by atomic mass is 10.2. The smallest absolute Gasteiger partial charge is 0.405 e. The third-order valence-electron chi connectivity index (χ3n) is 4.92. The van der Waals surface area contributed by atoms with Crippen LogP contribution in [0.3, 0.4) is 0 Å². The summed E-state index contributed by atoms with van der Waals surface area (Å²) in [6.07, 6.45) is -2.59. The molecule has 1 aliphatic rings. The summed E-state index contributed by atoms with van der Waals surface area (Å²) in [5.41, 5.74) is 0.297. The Morgan fingerprint density at radius 2 is 2.03 bits per heavy atom. The molecule has 0 saturated carbocycles. The van der Waals surface area contributed by atoms with Crippen LogP contribution in [0.25, 0.3) is 0 Å². The lowest BCUT2D eigenvalue weighted by Crippen LogP contribution is -2.47. The van der Waals surface area contributed by atoms with E-state index in [1.165, 1.54) is 23.1 Å². The van der Waals surface area contributed by atoms with Gasteiger partial charge in [-0.15, -0.1) is 13.2 Å². The highest BCUT2D eigenvalue weighted by Gasteiger charge is 2.32. The molecule has 2 N–H and O–H groups in total.